The van der Waals surface area contributed by atoms with Crippen LogP contribution in [0.15, 0.2) is 6.20 Å². The minimum absolute atomic E-state index is 0.0957. The van der Waals surface area contributed by atoms with Gasteiger partial charge in [-0.25, -0.2) is 0 Å². The van der Waals surface area contributed by atoms with Crippen LogP contribution in [0.1, 0.15) is 32.0 Å². The van der Waals surface area contributed by atoms with Crippen LogP contribution >= 0.6 is 0 Å². The lowest BCUT2D eigenvalue weighted by Gasteiger charge is -2.21. The van der Waals surface area contributed by atoms with Crippen LogP contribution in [-0.4, -0.2) is 42.8 Å². The SMILES string of the molecule is CCCNC(COCC(F)(F)F)c1c(OC)cnn1CC. The van der Waals surface area contributed by atoms with Crippen molar-refractivity contribution >= 4 is 0 Å². The maximum absolute atomic E-state index is 12.2. The summed E-state index contributed by atoms with van der Waals surface area (Å²) < 4.78 is 48.3. The maximum Gasteiger partial charge on any atom is 0.411 e. The second-order valence-electron chi connectivity index (χ2n) is 4.55. The van der Waals surface area contributed by atoms with E-state index in [2.05, 4.69) is 10.4 Å². The van der Waals surface area contributed by atoms with Crippen LogP contribution in [0.5, 0.6) is 5.75 Å². The van der Waals surface area contributed by atoms with E-state index in [1.807, 2.05) is 13.8 Å². The van der Waals surface area contributed by atoms with Crippen molar-refractivity contribution in [3.8, 4) is 5.75 Å². The van der Waals surface area contributed by atoms with Gasteiger partial charge in [-0.3, -0.25) is 4.68 Å². The number of nitrogens with zero attached hydrogens (tertiary/aromatic N) is 2. The van der Waals surface area contributed by atoms with Gasteiger partial charge in [0, 0.05) is 6.54 Å². The average molecular weight is 309 g/mol. The Kier molecular flexibility index (Phi) is 6.97. The summed E-state index contributed by atoms with van der Waals surface area (Å²) >= 11 is 0. The molecule has 0 amide bonds. The van der Waals surface area contributed by atoms with Crippen LogP contribution < -0.4 is 10.1 Å². The number of methoxy groups -OCH3 is 1. The van der Waals surface area contributed by atoms with Crippen molar-refractivity contribution in [1.82, 2.24) is 15.1 Å². The monoisotopic (exact) mass is 309 g/mol. The summed E-state index contributed by atoms with van der Waals surface area (Å²) in [6.45, 7) is 3.79. The molecule has 0 aromatic carbocycles. The number of nitrogens with one attached hydrogen (secondary N) is 1. The third kappa shape index (κ3) is 5.55. The van der Waals surface area contributed by atoms with E-state index >= 15 is 0 Å². The Morgan fingerprint density at radius 3 is 2.62 bits per heavy atom. The van der Waals surface area contributed by atoms with Crippen molar-refractivity contribution in [3.63, 3.8) is 0 Å². The van der Waals surface area contributed by atoms with Gasteiger partial charge in [-0.15, -0.1) is 0 Å². The molecular weight excluding hydrogens is 287 g/mol. The van der Waals surface area contributed by atoms with Gasteiger partial charge in [0.2, 0.25) is 0 Å². The van der Waals surface area contributed by atoms with Crippen LogP contribution in [0, 0.1) is 0 Å². The van der Waals surface area contributed by atoms with Crippen LogP contribution in [0.3, 0.4) is 0 Å². The number of rotatable bonds is 9. The fourth-order valence-corrected chi connectivity index (χ4v) is 1.98. The summed E-state index contributed by atoms with van der Waals surface area (Å²) in [6.07, 6.45) is -1.91. The molecule has 1 atom stereocenters. The predicted molar refractivity (Wildman–Crippen MR) is 72.4 cm³/mol. The molecule has 0 aliphatic heterocycles. The molecule has 0 aliphatic carbocycles. The van der Waals surface area contributed by atoms with Gasteiger partial charge >= 0.3 is 6.18 Å². The summed E-state index contributed by atoms with van der Waals surface area (Å²) in [5.74, 6) is 0.543. The summed E-state index contributed by atoms with van der Waals surface area (Å²) in [7, 11) is 1.51. The zero-order valence-corrected chi connectivity index (χ0v) is 12.5. The molecule has 0 spiro atoms. The van der Waals surface area contributed by atoms with Gasteiger partial charge < -0.3 is 14.8 Å². The van der Waals surface area contributed by atoms with Gasteiger partial charge in [0.25, 0.3) is 0 Å². The highest BCUT2D eigenvalue weighted by Crippen LogP contribution is 2.26. The van der Waals surface area contributed by atoms with Gasteiger partial charge in [-0.1, -0.05) is 6.92 Å². The molecule has 0 aliphatic rings. The highest BCUT2D eigenvalue weighted by atomic mass is 19.4. The zero-order chi connectivity index (χ0) is 15.9. The second-order valence-corrected chi connectivity index (χ2v) is 4.55. The first-order valence-electron chi connectivity index (χ1n) is 6.90. The van der Waals surface area contributed by atoms with E-state index in [0.29, 0.717) is 24.5 Å². The maximum atomic E-state index is 12.2. The molecule has 1 aromatic rings. The zero-order valence-electron chi connectivity index (χ0n) is 12.5. The lowest BCUT2D eigenvalue weighted by Crippen LogP contribution is -2.30. The first kappa shape index (κ1) is 17.8. The minimum Gasteiger partial charge on any atom is -0.493 e. The molecule has 21 heavy (non-hydrogen) atoms. The molecule has 1 N–H and O–H groups in total. The van der Waals surface area contributed by atoms with E-state index in [-0.39, 0.29) is 6.61 Å². The number of hydrogen-bond acceptors (Lipinski definition) is 4. The van der Waals surface area contributed by atoms with E-state index in [1.54, 1.807) is 10.9 Å². The predicted octanol–water partition coefficient (Wildman–Crippen LogP) is 2.53. The molecule has 1 heterocycles. The van der Waals surface area contributed by atoms with Crippen LogP contribution in [0.25, 0.3) is 0 Å². The summed E-state index contributed by atoms with van der Waals surface area (Å²) in [5.41, 5.74) is 0.704. The Labute approximate surface area is 122 Å². The highest BCUT2D eigenvalue weighted by molar-refractivity contribution is 5.28. The fraction of sp³-hybridized carbons (Fsp3) is 0.769. The van der Waals surface area contributed by atoms with Crippen molar-refractivity contribution in [2.24, 2.45) is 0 Å². The van der Waals surface area contributed by atoms with E-state index in [1.165, 1.54) is 7.11 Å². The fourth-order valence-electron chi connectivity index (χ4n) is 1.98. The Bertz CT molecular complexity index is 400. The van der Waals surface area contributed by atoms with Gasteiger partial charge in [0.15, 0.2) is 5.75 Å². The molecule has 1 aromatic heterocycles. The van der Waals surface area contributed by atoms with Gasteiger partial charge in [0.1, 0.15) is 6.61 Å². The first-order chi connectivity index (χ1) is 9.92. The Morgan fingerprint density at radius 2 is 2.10 bits per heavy atom. The van der Waals surface area contributed by atoms with Gasteiger partial charge in [-0.2, -0.15) is 18.3 Å². The number of aromatic nitrogens is 2. The summed E-state index contributed by atoms with van der Waals surface area (Å²) in [6, 6.07) is -0.398. The third-order valence-electron chi connectivity index (χ3n) is 2.89. The largest absolute Gasteiger partial charge is 0.493 e. The number of ether oxygens (including phenoxy) is 2. The third-order valence-corrected chi connectivity index (χ3v) is 2.89. The molecular formula is C13H22F3N3O2. The molecule has 0 saturated carbocycles. The van der Waals surface area contributed by atoms with E-state index < -0.39 is 18.8 Å². The quantitative estimate of drug-likeness (QED) is 0.761. The lowest BCUT2D eigenvalue weighted by molar-refractivity contribution is -0.175. The van der Waals surface area contributed by atoms with Crippen molar-refractivity contribution in [2.45, 2.75) is 39.0 Å². The van der Waals surface area contributed by atoms with E-state index in [0.717, 1.165) is 6.42 Å². The van der Waals surface area contributed by atoms with Gasteiger partial charge in [0.05, 0.1) is 31.6 Å². The number of hydrogen-bond donors (Lipinski definition) is 1. The standard InChI is InChI=1S/C13H22F3N3O2/c1-4-6-17-10(8-21-9-13(14,15)16)12-11(20-3)7-18-19(12)5-2/h7,10,17H,4-6,8-9H2,1-3H3. The van der Waals surface area contributed by atoms with Crippen molar-refractivity contribution < 1.29 is 22.6 Å². The minimum atomic E-state index is -4.33. The molecule has 0 fully saturated rings. The molecule has 0 saturated heterocycles. The Balaban J connectivity index is 2.83. The first-order valence-corrected chi connectivity index (χ1v) is 6.90. The average Bonchev–Trinajstić information content (AvgIpc) is 2.84. The van der Waals surface area contributed by atoms with E-state index in [4.69, 9.17) is 9.47 Å². The molecule has 8 heteroatoms. The topological polar surface area (TPSA) is 48.3 Å². The Morgan fingerprint density at radius 1 is 1.38 bits per heavy atom. The number of halogens is 3. The van der Waals surface area contributed by atoms with Crippen molar-refractivity contribution in [3.05, 3.63) is 11.9 Å². The van der Waals surface area contributed by atoms with Crippen LogP contribution in [0.4, 0.5) is 13.2 Å². The van der Waals surface area contributed by atoms with Crippen LogP contribution in [-0.2, 0) is 11.3 Å². The van der Waals surface area contributed by atoms with Crippen molar-refractivity contribution in [1.29, 1.82) is 0 Å². The van der Waals surface area contributed by atoms with E-state index in [9.17, 15) is 13.2 Å². The molecule has 122 valence electrons. The highest BCUT2D eigenvalue weighted by Gasteiger charge is 2.29. The lowest BCUT2D eigenvalue weighted by atomic mass is 10.2. The van der Waals surface area contributed by atoms with Crippen LogP contribution in [0.2, 0.25) is 0 Å². The second kappa shape index (κ2) is 8.23. The molecule has 5 nitrogen and oxygen atoms in total. The molecule has 1 rings (SSSR count). The summed E-state index contributed by atoms with van der Waals surface area (Å²) in [5, 5.41) is 7.34. The van der Waals surface area contributed by atoms with Crippen molar-refractivity contribution in [2.75, 3.05) is 26.9 Å². The Hall–Kier alpha value is -1.28. The number of alkyl halides is 3. The summed E-state index contributed by atoms with van der Waals surface area (Å²) in [4.78, 5) is 0. The molecule has 0 bridgehead atoms. The normalized spacial score (nSPS) is 13.4. The molecule has 0 radical (unpaired) electrons. The smallest absolute Gasteiger partial charge is 0.411 e. The number of aryl methyl sites for hydroxylation is 1. The van der Waals surface area contributed by atoms with Gasteiger partial charge in [-0.05, 0) is 19.9 Å². The molecule has 1 unspecified atom stereocenters.